The van der Waals surface area contributed by atoms with Crippen molar-refractivity contribution in [3.05, 3.63) is 47.3 Å². The van der Waals surface area contributed by atoms with Crippen molar-refractivity contribution in [2.24, 2.45) is 0 Å². The van der Waals surface area contributed by atoms with Crippen molar-refractivity contribution in [2.45, 2.75) is 46.0 Å². The average Bonchev–Trinajstić information content (AvgIpc) is 2.55. The smallest absolute Gasteiger partial charge is 0.223 e. The van der Waals surface area contributed by atoms with Crippen LogP contribution in [0.5, 0.6) is 5.75 Å². The average molecular weight is 313 g/mol. The Kier molecular flexibility index (Phi) is 6.85. The number of ether oxygens (including phenoxy) is 1. The predicted molar refractivity (Wildman–Crippen MR) is 95.2 cm³/mol. The third-order valence-corrected chi connectivity index (χ3v) is 3.93. The molecule has 0 aliphatic rings. The van der Waals surface area contributed by atoms with Gasteiger partial charge in [-0.25, -0.2) is 9.97 Å². The third-order valence-electron chi connectivity index (χ3n) is 3.93. The standard InChI is InChI=1S/C19H27N3O/c1-15-18(23-3)16(2)22-19(21-15)20-14-10-5-4-7-11-17-12-8-6-9-13-17/h6,8-9,12-13H,4-5,7,10-11,14H2,1-3H3,(H,20,21,22). The minimum Gasteiger partial charge on any atom is -0.493 e. The van der Waals surface area contributed by atoms with Crippen LogP contribution in [0.3, 0.4) is 0 Å². The molecule has 0 amide bonds. The molecule has 124 valence electrons. The number of benzene rings is 1. The summed E-state index contributed by atoms with van der Waals surface area (Å²) in [6, 6.07) is 10.7. The SMILES string of the molecule is COc1c(C)nc(NCCCCCCc2ccccc2)nc1C. The van der Waals surface area contributed by atoms with Crippen LogP contribution in [0.4, 0.5) is 5.95 Å². The van der Waals surface area contributed by atoms with Crippen LogP contribution in [-0.4, -0.2) is 23.6 Å². The van der Waals surface area contributed by atoms with Crippen LogP contribution in [0.15, 0.2) is 30.3 Å². The maximum atomic E-state index is 5.28. The second-order valence-electron chi connectivity index (χ2n) is 5.83. The second kappa shape index (κ2) is 9.13. The zero-order chi connectivity index (χ0) is 16.5. The van der Waals surface area contributed by atoms with Crippen LogP contribution in [-0.2, 0) is 6.42 Å². The first kappa shape index (κ1) is 17.3. The number of aryl methyl sites for hydroxylation is 3. The molecular weight excluding hydrogens is 286 g/mol. The zero-order valence-electron chi connectivity index (χ0n) is 14.4. The van der Waals surface area contributed by atoms with Gasteiger partial charge in [0.05, 0.1) is 18.5 Å². The fraction of sp³-hybridized carbons (Fsp3) is 0.474. The van der Waals surface area contributed by atoms with Gasteiger partial charge in [0, 0.05) is 6.54 Å². The molecule has 0 spiro atoms. The molecule has 0 unspecified atom stereocenters. The van der Waals surface area contributed by atoms with Crippen LogP contribution in [0, 0.1) is 13.8 Å². The van der Waals surface area contributed by atoms with E-state index >= 15 is 0 Å². The summed E-state index contributed by atoms with van der Waals surface area (Å²) in [6.45, 7) is 4.81. The van der Waals surface area contributed by atoms with Crippen LogP contribution < -0.4 is 10.1 Å². The highest BCUT2D eigenvalue weighted by molar-refractivity contribution is 5.38. The molecular formula is C19H27N3O. The van der Waals surface area contributed by atoms with Crippen molar-refractivity contribution in [1.29, 1.82) is 0 Å². The number of nitrogens with zero attached hydrogens (tertiary/aromatic N) is 2. The molecule has 1 aromatic heterocycles. The van der Waals surface area contributed by atoms with Crippen molar-refractivity contribution in [1.82, 2.24) is 9.97 Å². The highest BCUT2D eigenvalue weighted by atomic mass is 16.5. The lowest BCUT2D eigenvalue weighted by Crippen LogP contribution is -2.08. The molecule has 2 rings (SSSR count). The van der Waals surface area contributed by atoms with Crippen molar-refractivity contribution >= 4 is 5.95 Å². The van der Waals surface area contributed by atoms with Gasteiger partial charge in [-0.3, -0.25) is 0 Å². The highest BCUT2D eigenvalue weighted by Gasteiger charge is 2.07. The van der Waals surface area contributed by atoms with Crippen LogP contribution in [0.2, 0.25) is 0 Å². The summed E-state index contributed by atoms with van der Waals surface area (Å²) >= 11 is 0. The highest BCUT2D eigenvalue weighted by Crippen LogP contribution is 2.20. The van der Waals surface area contributed by atoms with Crippen molar-refractivity contribution in [3.8, 4) is 5.75 Å². The molecule has 2 aromatic rings. The first-order valence-corrected chi connectivity index (χ1v) is 8.37. The van der Waals surface area contributed by atoms with E-state index in [0.717, 1.165) is 30.1 Å². The third kappa shape index (κ3) is 5.55. The molecule has 0 aliphatic heterocycles. The Balaban J connectivity index is 1.62. The topological polar surface area (TPSA) is 47.0 Å². The van der Waals surface area contributed by atoms with E-state index in [1.165, 1.54) is 31.2 Å². The summed E-state index contributed by atoms with van der Waals surface area (Å²) in [5.74, 6) is 1.47. The van der Waals surface area contributed by atoms with Crippen molar-refractivity contribution in [3.63, 3.8) is 0 Å². The van der Waals surface area contributed by atoms with Crippen LogP contribution in [0.1, 0.15) is 42.6 Å². The molecule has 1 aromatic carbocycles. The van der Waals surface area contributed by atoms with E-state index in [1.807, 2.05) is 13.8 Å². The van der Waals surface area contributed by atoms with E-state index in [-0.39, 0.29) is 0 Å². The predicted octanol–water partition coefficient (Wildman–Crippen LogP) is 4.32. The van der Waals surface area contributed by atoms with Crippen LogP contribution >= 0.6 is 0 Å². The molecule has 0 fully saturated rings. The summed E-state index contributed by atoms with van der Waals surface area (Å²) in [5.41, 5.74) is 3.19. The summed E-state index contributed by atoms with van der Waals surface area (Å²) in [7, 11) is 1.65. The van der Waals surface area contributed by atoms with Gasteiger partial charge in [-0.2, -0.15) is 0 Å². The lowest BCUT2D eigenvalue weighted by molar-refractivity contribution is 0.403. The largest absolute Gasteiger partial charge is 0.493 e. The monoisotopic (exact) mass is 313 g/mol. The molecule has 1 heterocycles. The van der Waals surface area contributed by atoms with Gasteiger partial charge in [0.15, 0.2) is 5.75 Å². The van der Waals surface area contributed by atoms with E-state index in [4.69, 9.17) is 4.74 Å². The van der Waals surface area contributed by atoms with Gasteiger partial charge in [0.2, 0.25) is 5.95 Å². The Labute approximate surface area is 139 Å². The molecule has 4 nitrogen and oxygen atoms in total. The maximum absolute atomic E-state index is 5.28. The Bertz CT molecular complexity index is 576. The number of rotatable bonds is 9. The molecule has 0 saturated heterocycles. The molecule has 0 saturated carbocycles. The minimum absolute atomic E-state index is 0.699. The van der Waals surface area contributed by atoms with Gasteiger partial charge in [0.25, 0.3) is 0 Å². The van der Waals surface area contributed by atoms with Gasteiger partial charge >= 0.3 is 0 Å². The Morgan fingerprint density at radius 3 is 2.22 bits per heavy atom. The molecule has 0 radical (unpaired) electrons. The number of hydrogen-bond acceptors (Lipinski definition) is 4. The molecule has 0 bridgehead atoms. The van der Waals surface area contributed by atoms with Crippen LogP contribution in [0.25, 0.3) is 0 Å². The Morgan fingerprint density at radius 2 is 1.57 bits per heavy atom. The second-order valence-corrected chi connectivity index (χ2v) is 5.83. The normalized spacial score (nSPS) is 10.6. The number of methoxy groups -OCH3 is 1. The summed E-state index contributed by atoms with van der Waals surface area (Å²) in [6.07, 6.45) is 6.06. The van der Waals surface area contributed by atoms with E-state index in [1.54, 1.807) is 7.11 Å². The van der Waals surface area contributed by atoms with E-state index in [2.05, 4.69) is 45.6 Å². The molecule has 4 heteroatoms. The van der Waals surface area contributed by atoms with Gasteiger partial charge in [-0.15, -0.1) is 0 Å². The Hall–Kier alpha value is -2.10. The van der Waals surface area contributed by atoms with Crippen molar-refractivity contribution in [2.75, 3.05) is 19.0 Å². The lowest BCUT2D eigenvalue weighted by Gasteiger charge is -2.10. The molecule has 1 N–H and O–H groups in total. The maximum Gasteiger partial charge on any atom is 0.223 e. The number of aromatic nitrogens is 2. The first-order valence-electron chi connectivity index (χ1n) is 8.37. The molecule has 0 aliphatic carbocycles. The fourth-order valence-corrected chi connectivity index (χ4v) is 2.73. The minimum atomic E-state index is 0.699. The number of hydrogen-bond donors (Lipinski definition) is 1. The molecule has 0 atom stereocenters. The zero-order valence-corrected chi connectivity index (χ0v) is 14.4. The van der Waals surface area contributed by atoms with E-state index < -0.39 is 0 Å². The Morgan fingerprint density at radius 1 is 0.913 bits per heavy atom. The number of nitrogens with one attached hydrogen (secondary N) is 1. The summed E-state index contributed by atoms with van der Waals surface area (Å²) in [4.78, 5) is 8.86. The fourth-order valence-electron chi connectivity index (χ4n) is 2.73. The lowest BCUT2D eigenvalue weighted by atomic mass is 10.1. The number of anilines is 1. The van der Waals surface area contributed by atoms with Gasteiger partial charge < -0.3 is 10.1 Å². The van der Waals surface area contributed by atoms with Crippen molar-refractivity contribution < 1.29 is 4.74 Å². The quantitative estimate of drug-likeness (QED) is 0.700. The van der Waals surface area contributed by atoms with E-state index in [0.29, 0.717) is 5.95 Å². The van der Waals surface area contributed by atoms with Gasteiger partial charge in [0.1, 0.15) is 0 Å². The number of unbranched alkanes of at least 4 members (excludes halogenated alkanes) is 3. The first-order chi connectivity index (χ1) is 11.2. The van der Waals surface area contributed by atoms with E-state index in [9.17, 15) is 0 Å². The van der Waals surface area contributed by atoms with Gasteiger partial charge in [-0.05, 0) is 38.7 Å². The molecule has 23 heavy (non-hydrogen) atoms. The van der Waals surface area contributed by atoms with Gasteiger partial charge in [-0.1, -0.05) is 43.2 Å². The summed E-state index contributed by atoms with van der Waals surface area (Å²) < 4.78 is 5.28. The summed E-state index contributed by atoms with van der Waals surface area (Å²) in [5, 5.41) is 3.31.